The number of carboxylic acid groups (broad SMARTS) is 1. The van der Waals surface area contributed by atoms with Gasteiger partial charge in [-0.2, -0.15) is 0 Å². The molecular weight excluding hydrogens is 324 g/mol. The number of hydrogen-bond acceptors (Lipinski definition) is 4. The summed E-state index contributed by atoms with van der Waals surface area (Å²) in [4.78, 5) is 36.8. The molecule has 1 saturated heterocycles. The van der Waals surface area contributed by atoms with Crippen molar-refractivity contribution in [3.8, 4) is 0 Å². The Balaban J connectivity index is 1.96. The fourth-order valence-corrected chi connectivity index (χ4v) is 2.38. The largest absolute Gasteiger partial charge is 0.479 e. The number of amides is 2. The molecule has 0 radical (unpaired) electrons. The fraction of sp³-hybridized carbons (Fsp3) is 0.500. The first-order valence-electron chi connectivity index (χ1n) is 8.19. The molecule has 1 aromatic rings. The van der Waals surface area contributed by atoms with E-state index in [2.05, 4.69) is 5.32 Å². The normalized spacial score (nSPS) is 17.9. The summed E-state index contributed by atoms with van der Waals surface area (Å²) >= 11 is 0. The summed E-state index contributed by atoms with van der Waals surface area (Å²) < 4.78 is 5.12. The van der Waals surface area contributed by atoms with Crippen LogP contribution in [0.5, 0.6) is 0 Å². The lowest BCUT2D eigenvalue weighted by Gasteiger charge is -2.31. The first kappa shape index (κ1) is 18.9. The summed E-state index contributed by atoms with van der Waals surface area (Å²) in [7, 11) is 0. The number of nitrogens with zero attached hydrogens (tertiary/aromatic N) is 1. The predicted octanol–water partition coefficient (Wildman–Crippen LogP) is 1.27. The number of benzene rings is 1. The second-order valence-electron chi connectivity index (χ2n) is 7.08. The van der Waals surface area contributed by atoms with Gasteiger partial charge in [-0.15, -0.1) is 0 Å². The van der Waals surface area contributed by atoms with Gasteiger partial charge >= 0.3 is 5.97 Å². The molecule has 1 atom stereocenters. The van der Waals surface area contributed by atoms with Gasteiger partial charge in [-0.1, -0.05) is 32.9 Å². The van der Waals surface area contributed by atoms with E-state index in [9.17, 15) is 14.4 Å². The average Bonchev–Trinajstić information content (AvgIpc) is 2.58. The highest BCUT2D eigenvalue weighted by atomic mass is 16.5. The molecule has 1 fully saturated rings. The van der Waals surface area contributed by atoms with Gasteiger partial charge in [-0.05, 0) is 17.7 Å². The Bertz CT molecular complexity index is 648. The molecule has 0 bridgehead atoms. The van der Waals surface area contributed by atoms with Gasteiger partial charge in [0, 0.05) is 24.1 Å². The number of ether oxygens (including phenoxy) is 1. The number of hydrogen-bond donors (Lipinski definition) is 2. The molecule has 0 saturated carbocycles. The van der Waals surface area contributed by atoms with Crippen LogP contribution in [0.4, 0.5) is 0 Å². The van der Waals surface area contributed by atoms with Crippen molar-refractivity contribution in [1.29, 1.82) is 0 Å². The highest BCUT2D eigenvalue weighted by Crippen LogP contribution is 2.14. The summed E-state index contributed by atoms with van der Waals surface area (Å²) in [5.74, 6) is -1.33. The average molecular weight is 348 g/mol. The van der Waals surface area contributed by atoms with Crippen LogP contribution in [0.25, 0.3) is 0 Å². The quantitative estimate of drug-likeness (QED) is 0.854. The van der Waals surface area contributed by atoms with Crippen molar-refractivity contribution in [3.63, 3.8) is 0 Å². The maximum Gasteiger partial charge on any atom is 0.334 e. The molecule has 2 N–H and O–H groups in total. The van der Waals surface area contributed by atoms with E-state index in [1.165, 1.54) is 4.90 Å². The van der Waals surface area contributed by atoms with Gasteiger partial charge in [0.1, 0.15) is 0 Å². The van der Waals surface area contributed by atoms with E-state index in [1.807, 2.05) is 20.8 Å². The predicted molar refractivity (Wildman–Crippen MR) is 91.0 cm³/mol. The van der Waals surface area contributed by atoms with Crippen LogP contribution in [0.15, 0.2) is 24.3 Å². The Hall–Kier alpha value is -2.41. The molecule has 0 spiro atoms. The van der Waals surface area contributed by atoms with E-state index in [4.69, 9.17) is 9.84 Å². The molecule has 2 rings (SSSR count). The topological polar surface area (TPSA) is 95.9 Å². The number of rotatable bonds is 4. The van der Waals surface area contributed by atoms with E-state index >= 15 is 0 Å². The van der Waals surface area contributed by atoms with Gasteiger partial charge in [0.25, 0.3) is 5.91 Å². The minimum Gasteiger partial charge on any atom is -0.479 e. The van der Waals surface area contributed by atoms with Crippen LogP contribution in [0.1, 0.15) is 36.7 Å². The molecule has 1 unspecified atom stereocenters. The van der Waals surface area contributed by atoms with Gasteiger partial charge in [-0.25, -0.2) is 4.79 Å². The standard InChI is InChI=1S/C18H24N2O5/c1-18(2,3)17(24)19-10-12-4-6-13(7-5-12)15(21)20-8-9-25-14(11-20)16(22)23/h4-7,14H,8-11H2,1-3H3,(H,19,24)(H,22,23). The molecule has 0 aliphatic carbocycles. The van der Waals surface area contributed by atoms with Crippen molar-refractivity contribution in [2.75, 3.05) is 19.7 Å². The van der Waals surface area contributed by atoms with Gasteiger partial charge in [0.15, 0.2) is 6.10 Å². The zero-order chi connectivity index (χ0) is 18.6. The van der Waals surface area contributed by atoms with E-state index in [0.717, 1.165) is 5.56 Å². The first-order valence-corrected chi connectivity index (χ1v) is 8.19. The molecule has 136 valence electrons. The van der Waals surface area contributed by atoms with Crippen molar-refractivity contribution in [2.24, 2.45) is 5.41 Å². The molecule has 7 heteroatoms. The van der Waals surface area contributed by atoms with Crippen LogP contribution < -0.4 is 5.32 Å². The highest BCUT2D eigenvalue weighted by molar-refractivity contribution is 5.94. The van der Waals surface area contributed by atoms with Crippen LogP contribution in [-0.4, -0.2) is 53.6 Å². The lowest BCUT2D eigenvalue weighted by Crippen LogP contribution is -2.48. The minimum atomic E-state index is -1.07. The van der Waals surface area contributed by atoms with E-state index < -0.39 is 17.5 Å². The summed E-state index contributed by atoms with van der Waals surface area (Å²) in [6, 6.07) is 6.94. The van der Waals surface area contributed by atoms with Crippen molar-refractivity contribution in [1.82, 2.24) is 10.2 Å². The van der Waals surface area contributed by atoms with E-state index in [-0.39, 0.29) is 25.0 Å². The SMILES string of the molecule is CC(C)(C)C(=O)NCc1ccc(C(=O)N2CCOC(C(=O)O)C2)cc1. The molecule has 0 aromatic heterocycles. The smallest absolute Gasteiger partial charge is 0.334 e. The van der Waals surface area contributed by atoms with Crippen molar-refractivity contribution in [3.05, 3.63) is 35.4 Å². The van der Waals surface area contributed by atoms with Gasteiger partial charge < -0.3 is 20.1 Å². The number of morpholine rings is 1. The Labute approximate surface area is 147 Å². The summed E-state index contributed by atoms with van der Waals surface area (Å²) in [6.07, 6.45) is -0.982. The zero-order valence-electron chi connectivity index (χ0n) is 14.7. The fourth-order valence-electron chi connectivity index (χ4n) is 2.38. The zero-order valence-corrected chi connectivity index (χ0v) is 14.7. The number of aliphatic carboxylic acids is 1. The molecule has 7 nitrogen and oxygen atoms in total. The molecule has 1 aliphatic rings. The Morgan fingerprint density at radius 1 is 1.24 bits per heavy atom. The van der Waals surface area contributed by atoms with Gasteiger partial charge in [-0.3, -0.25) is 9.59 Å². The lowest BCUT2D eigenvalue weighted by atomic mass is 9.95. The van der Waals surface area contributed by atoms with Crippen LogP contribution in [0.3, 0.4) is 0 Å². The number of carbonyl (C=O) groups is 3. The van der Waals surface area contributed by atoms with Crippen molar-refractivity contribution < 1.29 is 24.2 Å². The second-order valence-corrected chi connectivity index (χ2v) is 7.08. The third-order valence-corrected chi connectivity index (χ3v) is 3.96. The highest BCUT2D eigenvalue weighted by Gasteiger charge is 2.29. The van der Waals surface area contributed by atoms with Crippen LogP contribution in [0, 0.1) is 5.41 Å². The van der Waals surface area contributed by atoms with Crippen molar-refractivity contribution >= 4 is 17.8 Å². The summed E-state index contributed by atoms with van der Waals surface area (Å²) in [6.45, 7) is 6.54. The Kier molecular flexibility index (Phi) is 5.79. The lowest BCUT2D eigenvalue weighted by molar-refractivity contribution is -0.154. The summed E-state index contributed by atoms with van der Waals surface area (Å²) in [5.41, 5.74) is 0.920. The first-order chi connectivity index (χ1) is 11.7. The molecule has 1 heterocycles. The Morgan fingerprint density at radius 2 is 1.88 bits per heavy atom. The van der Waals surface area contributed by atoms with Crippen molar-refractivity contribution in [2.45, 2.75) is 33.4 Å². The third-order valence-electron chi connectivity index (χ3n) is 3.96. The maximum absolute atomic E-state index is 12.5. The van der Waals surface area contributed by atoms with E-state index in [0.29, 0.717) is 18.7 Å². The number of carbonyl (C=O) groups excluding carboxylic acids is 2. The molecule has 2 amide bonds. The van der Waals surface area contributed by atoms with Crippen LogP contribution >= 0.6 is 0 Å². The molecule has 1 aromatic carbocycles. The summed E-state index contributed by atoms with van der Waals surface area (Å²) in [5, 5.41) is 11.9. The minimum absolute atomic E-state index is 0.0392. The molecule has 1 aliphatic heterocycles. The van der Waals surface area contributed by atoms with Crippen LogP contribution in [0.2, 0.25) is 0 Å². The third kappa shape index (κ3) is 5.03. The van der Waals surface area contributed by atoms with E-state index in [1.54, 1.807) is 24.3 Å². The number of nitrogens with one attached hydrogen (secondary N) is 1. The Morgan fingerprint density at radius 3 is 2.44 bits per heavy atom. The molecule has 25 heavy (non-hydrogen) atoms. The second kappa shape index (κ2) is 7.65. The van der Waals surface area contributed by atoms with Gasteiger partial charge in [0.05, 0.1) is 13.2 Å². The van der Waals surface area contributed by atoms with Crippen LogP contribution in [-0.2, 0) is 20.9 Å². The number of carboxylic acids is 1. The molecular formula is C18H24N2O5. The maximum atomic E-state index is 12.5. The van der Waals surface area contributed by atoms with Gasteiger partial charge in [0.2, 0.25) is 5.91 Å². The monoisotopic (exact) mass is 348 g/mol.